The van der Waals surface area contributed by atoms with Gasteiger partial charge in [-0.2, -0.15) is 5.06 Å². The average molecular weight is 165 g/mol. The van der Waals surface area contributed by atoms with Crippen LogP contribution < -0.4 is 5.32 Å². The highest BCUT2D eigenvalue weighted by molar-refractivity contribution is 7.74. The molecule has 1 rings (SSSR count). The van der Waals surface area contributed by atoms with E-state index < -0.39 is 11.4 Å². The SMILES string of the molecule is O=S([O-])ON1CCNCC1. The third-order valence-corrected chi connectivity index (χ3v) is 1.57. The number of hydrogen-bond donors (Lipinski definition) is 1. The molecule has 1 atom stereocenters. The molecular formula is C4H9N2O3S-. The number of nitrogens with zero attached hydrogens (tertiary/aromatic N) is 1. The van der Waals surface area contributed by atoms with Crippen LogP contribution in [0.5, 0.6) is 0 Å². The van der Waals surface area contributed by atoms with Gasteiger partial charge < -0.3 is 9.87 Å². The molecule has 1 saturated heterocycles. The fourth-order valence-electron chi connectivity index (χ4n) is 0.805. The number of hydroxylamine groups is 2. The van der Waals surface area contributed by atoms with E-state index in [1.54, 1.807) is 0 Å². The lowest BCUT2D eigenvalue weighted by atomic mass is 10.4. The molecule has 0 radical (unpaired) electrons. The molecule has 1 unspecified atom stereocenters. The van der Waals surface area contributed by atoms with Crippen molar-refractivity contribution in [1.29, 1.82) is 0 Å². The first-order chi connectivity index (χ1) is 4.79. The number of piperazine rings is 1. The molecule has 0 spiro atoms. The van der Waals surface area contributed by atoms with Gasteiger partial charge in [0, 0.05) is 26.2 Å². The molecule has 6 heteroatoms. The highest BCUT2D eigenvalue weighted by atomic mass is 32.2. The van der Waals surface area contributed by atoms with Crippen molar-refractivity contribution >= 4 is 11.4 Å². The Labute approximate surface area is 61.8 Å². The maximum atomic E-state index is 9.98. The summed E-state index contributed by atoms with van der Waals surface area (Å²) in [4.78, 5) is 0. The van der Waals surface area contributed by atoms with Crippen molar-refractivity contribution < 1.29 is 13.0 Å². The van der Waals surface area contributed by atoms with Crippen molar-refractivity contribution in [3.8, 4) is 0 Å². The lowest BCUT2D eigenvalue weighted by Gasteiger charge is -2.25. The predicted octanol–water partition coefficient (Wildman–Crippen LogP) is -1.38. The molecule has 0 saturated carbocycles. The molecule has 0 bridgehead atoms. The molecular weight excluding hydrogens is 156 g/mol. The molecule has 1 aliphatic heterocycles. The van der Waals surface area contributed by atoms with Crippen LogP contribution in [0, 0.1) is 0 Å². The van der Waals surface area contributed by atoms with Gasteiger partial charge in [0.1, 0.15) is 11.4 Å². The van der Waals surface area contributed by atoms with Crippen LogP contribution in [0.1, 0.15) is 0 Å². The van der Waals surface area contributed by atoms with Gasteiger partial charge >= 0.3 is 0 Å². The number of rotatable bonds is 2. The fourth-order valence-corrected chi connectivity index (χ4v) is 1.13. The Balaban J connectivity index is 2.19. The van der Waals surface area contributed by atoms with Gasteiger partial charge in [-0.05, 0) is 0 Å². The summed E-state index contributed by atoms with van der Waals surface area (Å²) in [7, 11) is 0. The topological polar surface area (TPSA) is 64.6 Å². The normalized spacial score (nSPS) is 24.5. The van der Waals surface area contributed by atoms with Crippen LogP contribution in [0.25, 0.3) is 0 Å². The Morgan fingerprint density at radius 2 is 2.10 bits per heavy atom. The van der Waals surface area contributed by atoms with Crippen LogP contribution in [-0.2, 0) is 15.6 Å². The van der Waals surface area contributed by atoms with Gasteiger partial charge in [0.05, 0.1) is 0 Å². The highest BCUT2D eigenvalue weighted by Gasteiger charge is 2.09. The summed E-state index contributed by atoms with van der Waals surface area (Å²) < 4.78 is 24.4. The first-order valence-electron chi connectivity index (χ1n) is 3.02. The van der Waals surface area contributed by atoms with Crippen molar-refractivity contribution in [1.82, 2.24) is 10.4 Å². The maximum absolute atomic E-state index is 9.98. The largest absolute Gasteiger partial charge is 0.748 e. The molecule has 1 fully saturated rings. The van der Waals surface area contributed by atoms with Gasteiger partial charge in [0.2, 0.25) is 0 Å². The summed E-state index contributed by atoms with van der Waals surface area (Å²) in [5, 5.41) is 4.48. The molecule has 10 heavy (non-hydrogen) atoms. The third kappa shape index (κ3) is 2.72. The zero-order chi connectivity index (χ0) is 7.40. The number of nitrogens with one attached hydrogen (secondary N) is 1. The smallest absolute Gasteiger partial charge is 0.106 e. The van der Waals surface area contributed by atoms with E-state index >= 15 is 0 Å². The van der Waals surface area contributed by atoms with E-state index in [-0.39, 0.29) is 0 Å². The first-order valence-corrected chi connectivity index (χ1v) is 4.02. The summed E-state index contributed by atoms with van der Waals surface area (Å²) in [6.07, 6.45) is 0. The van der Waals surface area contributed by atoms with Gasteiger partial charge in [-0.25, -0.2) is 8.49 Å². The standard InChI is InChI=1S/C4H10N2O3S/c7-10(8)9-6-3-1-5-2-4-6/h5H,1-4H2,(H,7,8)/p-1. The van der Waals surface area contributed by atoms with E-state index in [4.69, 9.17) is 0 Å². The summed E-state index contributed by atoms with van der Waals surface area (Å²) >= 11 is -2.41. The van der Waals surface area contributed by atoms with E-state index in [0.29, 0.717) is 13.1 Å². The summed E-state index contributed by atoms with van der Waals surface area (Å²) in [5.74, 6) is 0. The minimum atomic E-state index is -2.41. The van der Waals surface area contributed by atoms with Crippen molar-refractivity contribution in [3.63, 3.8) is 0 Å². The van der Waals surface area contributed by atoms with Crippen molar-refractivity contribution in [2.45, 2.75) is 0 Å². The summed E-state index contributed by atoms with van der Waals surface area (Å²) in [6.45, 7) is 2.79. The Hall–Kier alpha value is -0.0100. The minimum Gasteiger partial charge on any atom is -0.748 e. The maximum Gasteiger partial charge on any atom is 0.106 e. The molecule has 0 aliphatic carbocycles. The summed E-state index contributed by atoms with van der Waals surface area (Å²) in [5.41, 5.74) is 0. The zero-order valence-corrected chi connectivity index (χ0v) is 6.23. The monoisotopic (exact) mass is 165 g/mol. The molecule has 1 aliphatic rings. The Kier molecular flexibility index (Phi) is 3.23. The second-order valence-electron chi connectivity index (χ2n) is 1.96. The van der Waals surface area contributed by atoms with Crippen LogP contribution in [0.3, 0.4) is 0 Å². The molecule has 1 heterocycles. The van der Waals surface area contributed by atoms with E-state index in [2.05, 4.69) is 9.60 Å². The molecule has 5 nitrogen and oxygen atoms in total. The fraction of sp³-hybridized carbons (Fsp3) is 1.00. The lowest BCUT2D eigenvalue weighted by molar-refractivity contribution is -0.0617. The van der Waals surface area contributed by atoms with Crippen LogP contribution >= 0.6 is 0 Å². The molecule has 1 N–H and O–H groups in total. The van der Waals surface area contributed by atoms with Crippen LogP contribution in [0.4, 0.5) is 0 Å². The van der Waals surface area contributed by atoms with Gasteiger partial charge in [-0.15, -0.1) is 0 Å². The van der Waals surface area contributed by atoms with Gasteiger partial charge in [0.25, 0.3) is 0 Å². The van der Waals surface area contributed by atoms with E-state index in [0.717, 1.165) is 13.1 Å². The van der Waals surface area contributed by atoms with Gasteiger partial charge in [-0.3, -0.25) is 0 Å². The Bertz CT molecular complexity index is 126. The highest BCUT2D eigenvalue weighted by Crippen LogP contribution is 1.94. The molecule has 0 aromatic rings. The van der Waals surface area contributed by atoms with E-state index in [1.165, 1.54) is 5.06 Å². The Morgan fingerprint density at radius 1 is 1.50 bits per heavy atom. The molecule has 60 valence electrons. The van der Waals surface area contributed by atoms with E-state index in [1.807, 2.05) is 0 Å². The lowest BCUT2D eigenvalue weighted by Crippen LogP contribution is -2.43. The molecule has 0 aromatic heterocycles. The molecule has 0 aromatic carbocycles. The van der Waals surface area contributed by atoms with Crippen LogP contribution in [-0.4, -0.2) is 40.0 Å². The second kappa shape index (κ2) is 3.99. The predicted molar refractivity (Wildman–Crippen MR) is 34.4 cm³/mol. The van der Waals surface area contributed by atoms with Crippen molar-refractivity contribution in [2.75, 3.05) is 26.2 Å². The summed E-state index contributed by atoms with van der Waals surface area (Å²) in [6, 6.07) is 0. The zero-order valence-electron chi connectivity index (χ0n) is 5.41. The van der Waals surface area contributed by atoms with Crippen LogP contribution in [0.15, 0.2) is 0 Å². The van der Waals surface area contributed by atoms with Gasteiger partial charge in [-0.1, -0.05) is 0 Å². The Morgan fingerprint density at radius 3 is 2.60 bits per heavy atom. The van der Waals surface area contributed by atoms with Crippen LogP contribution in [0.2, 0.25) is 0 Å². The first kappa shape index (κ1) is 8.09. The third-order valence-electron chi connectivity index (χ3n) is 1.24. The van der Waals surface area contributed by atoms with Gasteiger partial charge in [0.15, 0.2) is 0 Å². The quantitative estimate of drug-likeness (QED) is 0.511. The molecule has 0 amide bonds. The van der Waals surface area contributed by atoms with E-state index in [9.17, 15) is 8.76 Å². The van der Waals surface area contributed by atoms with Crippen molar-refractivity contribution in [2.24, 2.45) is 0 Å². The average Bonchev–Trinajstić information content (AvgIpc) is 1.88. The minimum absolute atomic E-state index is 0.619. The number of hydrogen-bond acceptors (Lipinski definition) is 5. The van der Waals surface area contributed by atoms with Crippen molar-refractivity contribution in [3.05, 3.63) is 0 Å². The second-order valence-corrected chi connectivity index (χ2v) is 2.51.